The molecule has 1 aliphatic rings. The highest BCUT2D eigenvalue weighted by Crippen LogP contribution is 2.27. The molecule has 0 spiro atoms. The van der Waals surface area contributed by atoms with Gasteiger partial charge in [0.05, 0.1) is 11.6 Å². The van der Waals surface area contributed by atoms with E-state index in [0.717, 1.165) is 22.7 Å². The fourth-order valence-corrected chi connectivity index (χ4v) is 3.66. The maximum absolute atomic E-state index is 5.27. The van der Waals surface area contributed by atoms with E-state index in [1.54, 1.807) is 7.11 Å². The smallest absolute Gasteiger partial charge is 0.133 e. The van der Waals surface area contributed by atoms with Crippen LogP contribution < -0.4 is 10.1 Å². The van der Waals surface area contributed by atoms with Crippen molar-refractivity contribution in [1.29, 1.82) is 0 Å². The summed E-state index contributed by atoms with van der Waals surface area (Å²) < 4.78 is 6.30. The molecule has 0 saturated heterocycles. The minimum absolute atomic E-state index is 0.606. The fourth-order valence-electron chi connectivity index (χ4n) is 3.08. The zero-order valence-corrected chi connectivity index (χ0v) is 14.2. The molecule has 112 valence electrons. The van der Waals surface area contributed by atoms with E-state index in [4.69, 9.17) is 4.74 Å². The normalized spacial score (nSPS) is 18.6. The predicted octanol–water partition coefficient (Wildman–Crippen LogP) is 4.91. The Morgan fingerprint density at radius 2 is 1.95 bits per heavy atom. The van der Waals surface area contributed by atoms with Gasteiger partial charge in [0.15, 0.2) is 0 Å². The monoisotopic (exact) mass is 339 g/mol. The highest BCUT2D eigenvalue weighted by atomic mass is 79.9. The zero-order chi connectivity index (χ0) is 14.4. The highest BCUT2D eigenvalue weighted by Gasteiger charge is 2.18. The van der Waals surface area contributed by atoms with Crippen LogP contribution in [0, 0.1) is 5.92 Å². The number of halogens is 1. The van der Waals surface area contributed by atoms with Crippen molar-refractivity contribution in [2.24, 2.45) is 5.92 Å². The van der Waals surface area contributed by atoms with Crippen molar-refractivity contribution in [3.8, 4) is 5.75 Å². The van der Waals surface area contributed by atoms with Crippen LogP contribution in [-0.4, -0.2) is 13.2 Å². The maximum atomic E-state index is 5.27. The largest absolute Gasteiger partial charge is 0.496 e. The molecule has 1 aliphatic carbocycles. The molecule has 1 saturated carbocycles. The maximum Gasteiger partial charge on any atom is 0.133 e. The number of benzene rings is 1. The lowest BCUT2D eigenvalue weighted by atomic mass is 9.93. The van der Waals surface area contributed by atoms with Crippen molar-refractivity contribution in [2.45, 2.75) is 58.0 Å². The Balaban J connectivity index is 1.85. The SMILES string of the molecule is COc1ccc(CN[C@@H](C)C2CCCCCC2)cc1Br. The third kappa shape index (κ3) is 4.49. The molecule has 1 aromatic rings. The first-order valence-corrected chi connectivity index (χ1v) is 8.56. The number of hydrogen-bond donors (Lipinski definition) is 1. The van der Waals surface area contributed by atoms with Crippen molar-refractivity contribution in [3.63, 3.8) is 0 Å². The van der Waals surface area contributed by atoms with Crippen molar-refractivity contribution >= 4 is 15.9 Å². The Morgan fingerprint density at radius 3 is 2.55 bits per heavy atom. The van der Waals surface area contributed by atoms with Crippen LogP contribution >= 0.6 is 15.9 Å². The topological polar surface area (TPSA) is 21.3 Å². The molecule has 2 rings (SSSR count). The van der Waals surface area contributed by atoms with Crippen molar-refractivity contribution in [2.75, 3.05) is 7.11 Å². The first-order chi connectivity index (χ1) is 9.70. The highest BCUT2D eigenvalue weighted by molar-refractivity contribution is 9.10. The van der Waals surface area contributed by atoms with Gasteiger partial charge >= 0.3 is 0 Å². The number of nitrogens with one attached hydrogen (secondary N) is 1. The van der Waals surface area contributed by atoms with Crippen LogP contribution in [0.4, 0.5) is 0 Å². The molecule has 1 aromatic carbocycles. The van der Waals surface area contributed by atoms with Crippen LogP contribution in [0.15, 0.2) is 22.7 Å². The minimum Gasteiger partial charge on any atom is -0.496 e. The van der Waals surface area contributed by atoms with Crippen LogP contribution in [0.25, 0.3) is 0 Å². The zero-order valence-electron chi connectivity index (χ0n) is 12.6. The van der Waals surface area contributed by atoms with E-state index >= 15 is 0 Å². The molecule has 0 aliphatic heterocycles. The van der Waals surface area contributed by atoms with Gasteiger partial charge in [-0.2, -0.15) is 0 Å². The van der Waals surface area contributed by atoms with Crippen molar-refractivity contribution in [1.82, 2.24) is 5.32 Å². The first kappa shape index (κ1) is 15.8. The molecule has 0 heterocycles. The van der Waals surface area contributed by atoms with Crippen LogP contribution in [0.5, 0.6) is 5.75 Å². The number of methoxy groups -OCH3 is 1. The van der Waals surface area contributed by atoms with Gasteiger partial charge in [-0.1, -0.05) is 31.7 Å². The summed E-state index contributed by atoms with van der Waals surface area (Å²) in [6.45, 7) is 3.27. The Hall–Kier alpha value is -0.540. The van der Waals surface area contributed by atoms with Gasteiger partial charge in [0.2, 0.25) is 0 Å². The van der Waals surface area contributed by atoms with Crippen LogP contribution in [0.2, 0.25) is 0 Å². The van der Waals surface area contributed by atoms with Crippen LogP contribution in [-0.2, 0) is 6.54 Å². The molecule has 1 fully saturated rings. The predicted molar refractivity (Wildman–Crippen MR) is 88.2 cm³/mol. The summed E-state index contributed by atoms with van der Waals surface area (Å²) in [4.78, 5) is 0. The molecule has 1 N–H and O–H groups in total. The second-order valence-corrected chi connectivity index (χ2v) is 6.74. The van der Waals surface area contributed by atoms with Gasteiger partial charge in [0, 0.05) is 12.6 Å². The third-order valence-electron chi connectivity index (χ3n) is 4.45. The minimum atomic E-state index is 0.606. The van der Waals surface area contributed by atoms with E-state index in [0.29, 0.717) is 6.04 Å². The summed E-state index contributed by atoms with van der Waals surface area (Å²) in [5.74, 6) is 1.74. The van der Waals surface area contributed by atoms with Gasteiger partial charge in [-0.15, -0.1) is 0 Å². The lowest BCUT2D eigenvalue weighted by Crippen LogP contribution is -2.32. The Morgan fingerprint density at radius 1 is 1.25 bits per heavy atom. The van der Waals surface area contributed by atoms with E-state index in [1.807, 2.05) is 6.07 Å². The molecule has 0 unspecified atom stereocenters. The summed E-state index contributed by atoms with van der Waals surface area (Å²) >= 11 is 3.55. The summed E-state index contributed by atoms with van der Waals surface area (Å²) in [5, 5.41) is 3.70. The van der Waals surface area contributed by atoms with Gasteiger partial charge < -0.3 is 10.1 Å². The summed E-state index contributed by atoms with van der Waals surface area (Å²) in [6, 6.07) is 6.91. The van der Waals surface area contributed by atoms with Gasteiger partial charge in [0.25, 0.3) is 0 Å². The van der Waals surface area contributed by atoms with Crippen molar-refractivity contribution < 1.29 is 4.74 Å². The quantitative estimate of drug-likeness (QED) is 0.769. The average molecular weight is 340 g/mol. The molecule has 3 heteroatoms. The Bertz CT molecular complexity index is 413. The molecule has 0 aromatic heterocycles. The van der Waals surface area contributed by atoms with E-state index in [1.165, 1.54) is 44.1 Å². The Labute approximate surface area is 131 Å². The van der Waals surface area contributed by atoms with Crippen LogP contribution in [0.1, 0.15) is 51.0 Å². The molecular weight excluding hydrogens is 314 g/mol. The van der Waals surface area contributed by atoms with E-state index < -0.39 is 0 Å². The molecular formula is C17H26BrNO. The lowest BCUT2D eigenvalue weighted by molar-refractivity contribution is 0.336. The molecule has 0 bridgehead atoms. The molecule has 2 nitrogen and oxygen atoms in total. The van der Waals surface area contributed by atoms with E-state index in [2.05, 4.69) is 40.3 Å². The van der Waals surface area contributed by atoms with Gasteiger partial charge in [-0.05, 0) is 59.3 Å². The number of rotatable bonds is 5. The van der Waals surface area contributed by atoms with Gasteiger partial charge in [-0.3, -0.25) is 0 Å². The summed E-state index contributed by atoms with van der Waals surface area (Å²) in [5.41, 5.74) is 1.30. The molecule has 20 heavy (non-hydrogen) atoms. The van der Waals surface area contributed by atoms with Crippen LogP contribution in [0.3, 0.4) is 0 Å². The molecule has 0 amide bonds. The summed E-state index contributed by atoms with van der Waals surface area (Å²) in [6.07, 6.45) is 8.44. The second kappa shape index (κ2) is 8.04. The fraction of sp³-hybridized carbons (Fsp3) is 0.647. The first-order valence-electron chi connectivity index (χ1n) is 7.76. The van der Waals surface area contributed by atoms with E-state index in [-0.39, 0.29) is 0 Å². The molecule has 1 atom stereocenters. The van der Waals surface area contributed by atoms with Crippen molar-refractivity contribution in [3.05, 3.63) is 28.2 Å². The number of hydrogen-bond acceptors (Lipinski definition) is 2. The van der Waals surface area contributed by atoms with E-state index in [9.17, 15) is 0 Å². The van der Waals surface area contributed by atoms with Gasteiger partial charge in [0.1, 0.15) is 5.75 Å². The third-order valence-corrected chi connectivity index (χ3v) is 5.07. The second-order valence-electron chi connectivity index (χ2n) is 5.89. The summed E-state index contributed by atoms with van der Waals surface area (Å²) in [7, 11) is 1.70. The van der Waals surface area contributed by atoms with Gasteiger partial charge in [-0.25, -0.2) is 0 Å². The number of ether oxygens (including phenoxy) is 1. The average Bonchev–Trinajstić information content (AvgIpc) is 2.74. The lowest BCUT2D eigenvalue weighted by Gasteiger charge is -2.23. The standard InChI is InChI=1S/C17H26BrNO/c1-13(15-7-5-3-4-6-8-15)19-12-14-9-10-17(20-2)16(18)11-14/h9-11,13,15,19H,3-8,12H2,1-2H3/t13-/m0/s1. The molecule has 0 radical (unpaired) electrons. The Kier molecular flexibility index (Phi) is 6.37.